The van der Waals surface area contributed by atoms with Gasteiger partial charge in [-0.05, 0) is 26.0 Å². The molecule has 0 aliphatic rings. The van der Waals surface area contributed by atoms with E-state index in [-0.39, 0.29) is 19.0 Å². The Kier molecular flexibility index (Phi) is 4.37. The van der Waals surface area contributed by atoms with Crippen LogP contribution in [0.5, 0.6) is 0 Å². The lowest BCUT2D eigenvalue weighted by Crippen LogP contribution is -2.29. The first kappa shape index (κ1) is 15.9. The van der Waals surface area contributed by atoms with Crippen LogP contribution in [0.4, 0.5) is 0 Å². The van der Waals surface area contributed by atoms with Crippen molar-refractivity contribution in [2.24, 2.45) is 0 Å². The summed E-state index contributed by atoms with van der Waals surface area (Å²) in [6, 6.07) is 11.2. The van der Waals surface area contributed by atoms with Gasteiger partial charge in [-0.3, -0.25) is 9.36 Å². The second-order valence-electron chi connectivity index (χ2n) is 5.64. The number of nitrogens with zero attached hydrogens (tertiary/aromatic N) is 1. The zero-order valence-corrected chi connectivity index (χ0v) is 13.5. The maximum Gasteiger partial charge on any atom is 0.419 e. The van der Waals surface area contributed by atoms with Gasteiger partial charge >= 0.3 is 5.76 Å². The van der Waals surface area contributed by atoms with Gasteiger partial charge in [0.15, 0.2) is 5.76 Å². The van der Waals surface area contributed by atoms with E-state index in [0.29, 0.717) is 11.5 Å². The highest BCUT2D eigenvalue weighted by molar-refractivity contribution is 5.75. The highest BCUT2D eigenvalue weighted by Crippen LogP contribution is 2.18. The Hall–Kier alpha value is -3.02. The first-order valence-electron chi connectivity index (χ1n) is 7.60. The number of hydrogen-bond acceptors (Lipinski definition) is 4. The molecule has 0 atom stereocenters. The quantitative estimate of drug-likeness (QED) is 0.782. The van der Waals surface area contributed by atoms with Crippen molar-refractivity contribution in [1.29, 1.82) is 0 Å². The van der Waals surface area contributed by atoms with Gasteiger partial charge in [-0.2, -0.15) is 0 Å². The van der Waals surface area contributed by atoms with Crippen molar-refractivity contribution in [3.05, 3.63) is 70.2 Å². The van der Waals surface area contributed by atoms with Crippen LogP contribution in [0.2, 0.25) is 0 Å². The summed E-state index contributed by atoms with van der Waals surface area (Å²) in [4.78, 5) is 23.9. The first-order valence-corrected chi connectivity index (χ1v) is 7.60. The summed E-state index contributed by atoms with van der Waals surface area (Å²) in [7, 11) is 0. The van der Waals surface area contributed by atoms with E-state index in [0.717, 1.165) is 16.9 Å². The summed E-state index contributed by atoms with van der Waals surface area (Å²) in [5.41, 5.74) is 1.91. The summed E-state index contributed by atoms with van der Waals surface area (Å²) in [5.74, 6) is 1.04. The monoisotopic (exact) mass is 326 g/mol. The number of carbonyl (C=O) groups is 1. The molecule has 124 valence electrons. The summed E-state index contributed by atoms with van der Waals surface area (Å²) in [6.45, 7) is 4.00. The number of hydrogen-bond donors (Lipinski definition) is 1. The van der Waals surface area contributed by atoms with Crippen molar-refractivity contribution in [1.82, 2.24) is 9.88 Å². The smallest absolute Gasteiger partial charge is 0.419 e. The van der Waals surface area contributed by atoms with Crippen LogP contribution >= 0.6 is 0 Å². The molecule has 1 N–H and O–H groups in total. The lowest BCUT2D eigenvalue weighted by atomic mass is 10.1. The van der Waals surface area contributed by atoms with Gasteiger partial charge in [-0.1, -0.05) is 29.8 Å². The Morgan fingerprint density at radius 3 is 2.50 bits per heavy atom. The van der Waals surface area contributed by atoms with Crippen LogP contribution in [0, 0.1) is 13.8 Å². The fraction of sp³-hybridized carbons (Fsp3) is 0.222. The van der Waals surface area contributed by atoms with Gasteiger partial charge in [-0.15, -0.1) is 0 Å². The van der Waals surface area contributed by atoms with Crippen LogP contribution in [0.3, 0.4) is 0 Å². The molecule has 1 amide bonds. The first-order chi connectivity index (χ1) is 11.5. The molecule has 3 aromatic rings. The van der Waals surface area contributed by atoms with Crippen molar-refractivity contribution in [2.75, 3.05) is 0 Å². The number of nitrogens with one attached hydrogen (secondary N) is 1. The van der Waals surface area contributed by atoms with Crippen molar-refractivity contribution in [2.45, 2.75) is 26.9 Å². The molecule has 0 spiro atoms. The molecular weight excluding hydrogens is 308 g/mol. The summed E-state index contributed by atoms with van der Waals surface area (Å²) in [5, 5.41) is 2.71. The molecule has 0 bridgehead atoms. The molecule has 0 saturated carbocycles. The fourth-order valence-electron chi connectivity index (χ4n) is 2.31. The highest BCUT2D eigenvalue weighted by atomic mass is 16.4. The average molecular weight is 326 g/mol. The maximum absolute atomic E-state index is 12.0. The van der Waals surface area contributed by atoms with Gasteiger partial charge in [0.2, 0.25) is 5.91 Å². The molecule has 2 heterocycles. The van der Waals surface area contributed by atoms with Crippen LogP contribution in [0.1, 0.15) is 17.1 Å². The van der Waals surface area contributed by atoms with Gasteiger partial charge in [0.1, 0.15) is 18.1 Å². The topological polar surface area (TPSA) is 77.4 Å². The minimum absolute atomic E-state index is 0.103. The van der Waals surface area contributed by atoms with E-state index in [1.807, 2.05) is 44.2 Å². The van der Waals surface area contributed by atoms with E-state index < -0.39 is 5.76 Å². The second kappa shape index (κ2) is 6.62. The van der Waals surface area contributed by atoms with E-state index in [4.69, 9.17) is 8.83 Å². The molecular formula is C18H18N2O4. The molecule has 6 heteroatoms. The highest BCUT2D eigenvalue weighted by Gasteiger charge is 2.11. The third kappa shape index (κ3) is 3.65. The Labute approximate surface area is 138 Å². The molecule has 0 aliphatic carbocycles. The van der Waals surface area contributed by atoms with Gasteiger partial charge in [0.05, 0.1) is 12.7 Å². The number of benzene rings is 1. The van der Waals surface area contributed by atoms with E-state index in [2.05, 4.69) is 5.32 Å². The van der Waals surface area contributed by atoms with Gasteiger partial charge in [-0.25, -0.2) is 4.79 Å². The molecule has 1 aromatic carbocycles. The molecule has 0 saturated heterocycles. The Morgan fingerprint density at radius 1 is 1.08 bits per heavy atom. The number of rotatable bonds is 5. The molecule has 0 aliphatic heterocycles. The fourth-order valence-corrected chi connectivity index (χ4v) is 2.31. The van der Waals surface area contributed by atoms with Gasteiger partial charge < -0.3 is 14.2 Å². The second-order valence-corrected chi connectivity index (χ2v) is 5.64. The number of carbonyl (C=O) groups excluding carboxylic acids is 1. The summed E-state index contributed by atoms with van der Waals surface area (Å²) in [6.07, 6.45) is 1.55. The van der Waals surface area contributed by atoms with Gasteiger partial charge in [0, 0.05) is 5.56 Å². The lowest BCUT2D eigenvalue weighted by Gasteiger charge is -2.02. The normalized spacial score (nSPS) is 10.8. The van der Waals surface area contributed by atoms with Crippen LogP contribution in [0.25, 0.3) is 11.3 Å². The van der Waals surface area contributed by atoms with E-state index >= 15 is 0 Å². The minimum atomic E-state index is -0.561. The van der Waals surface area contributed by atoms with Crippen LogP contribution in [-0.4, -0.2) is 10.5 Å². The molecule has 0 radical (unpaired) electrons. The SMILES string of the molecule is Cc1ccc(-c2cn(CC(=O)NCc3ccc(C)o3)c(=O)o2)cc1. The van der Waals surface area contributed by atoms with Crippen molar-refractivity contribution in [3.63, 3.8) is 0 Å². The largest absolute Gasteiger partial charge is 0.465 e. The molecule has 24 heavy (non-hydrogen) atoms. The number of amides is 1. The zero-order chi connectivity index (χ0) is 17.1. The van der Waals surface area contributed by atoms with E-state index in [1.165, 1.54) is 4.57 Å². The zero-order valence-electron chi connectivity index (χ0n) is 13.5. The third-order valence-electron chi connectivity index (χ3n) is 3.61. The molecule has 0 fully saturated rings. The predicted molar refractivity (Wildman–Crippen MR) is 88.4 cm³/mol. The number of oxazole rings is 1. The number of furan rings is 1. The summed E-state index contributed by atoms with van der Waals surface area (Å²) < 4.78 is 11.8. The maximum atomic E-state index is 12.0. The molecule has 2 aromatic heterocycles. The van der Waals surface area contributed by atoms with Crippen molar-refractivity contribution >= 4 is 5.91 Å². The van der Waals surface area contributed by atoms with Crippen LogP contribution in [0.15, 0.2) is 56.2 Å². The average Bonchev–Trinajstić information content (AvgIpc) is 3.12. The van der Waals surface area contributed by atoms with Crippen LogP contribution < -0.4 is 11.1 Å². The lowest BCUT2D eigenvalue weighted by molar-refractivity contribution is -0.122. The molecule has 0 unspecified atom stereocenters. The van der Waals surface area contributed by atoms with Gasteiger partial charge in [0.25, 0.3) is 0 Å². The molecule has 6 nitrogen and oxygen atoms in total. The van der Waals surface area contributed by atoms with E-state index in [9.17, 15) is 9.59 Å². The standard InChI is InChI=1S/C18H18N2O4/c1-12-3-6-14(7-4-12)16-10-20(18(22)24-16)11-17(21)19-9-15-8-5-13(2)23-15/h3-8,10H,9,11H2,1-2H3,(H,19,21). The Morgan fingerprint density at radius 2 is 1.83 bits per heavy atom. The molecule has 3 rings (SSSR count). The Bertz CT molecular complexity index is 900. The Balaban J connectivity index is 1.65. The third-order valence-corrected chi connectivity index (χ3v) is 3.61. The van der Waals surface area contributed by atoms with Crippen molar-refractivity contribution in [3.8, 4) is 11.3 Å². The van der Waals surface area contributed by atoms with Crippen LogP contribution in [-0.2, 0) is 17.9 Å². The van der Waals surface area contributed by atoms with E-state index in [1.54, 1.807) is 12.3 Å². The minimum Gasteiger partial charge on any atom is -0.465 e. The number of aryl methyl sites for hydroxylation is 2. The summed E-state index contributed by atoms with van der Waals surface area (Å²) >= 11 is 0. The number of aromatic nitrogens is 1. The van der Waals surface area contributed by atoms with Crippen molar-refractivity contribution < 1.29 is 13.6 Å². The predicted octanol–water partition coefficient (Wildman–Crippen LogP) is 2.63.